The van der Waals surface area contributed by atoms with Crippen LogP contribution in [0.4, 0.5) is 10.1 Å². The molecule has 7 heteroatoms. The number of anilines is 1. The molecule has 152 valence electrons. The molecule has 0 aliphatic rings. The summed E-state index contributed by atoms with van der Waals surface area (Å²) in [6, 6.07) is 13.7. The highest BCUT2D eigenvalue weighted by molar-refractivity contribution is 5.91. The van der Waals surface area contributed by atoms with Crippen LogP contribution in [0.25, 0.3) is 11.0 Å². The van der Waals surface area contributed by atoms with Crippen molar-refractivity contribution in [3.8, 4) is 0 Å². The van der Waals surface area contributed by atoms with Crippen molar-refractivity contribution in [2.45, 2.75) is 39.2 Å². The first-order valence-electron chi connectivity index (χ1n) is 9.83. The van der Waals surface area contributed by atoms with Gasteiger partial charge < -0.3 is 15.2 Å². The van der Waals surface area contributed by atoms with E-state index in [1.54, 1.807) is 12.1 Å². The molecule has 0 atom stereocenters. The van der Waals surface area contributed by atoms with E-state index in [9.17, 15) is 14.0 Å². The molecule has 1 aromatic heterocycles. The highest BCUT2D eigenvalue weighted by Gasteiger charge is 2.14. The molecule has 2 N–H and O–H groups in total. The van der Waals surface area contributed by atoms with Gasteiger partial charge in [0, 0.05) is 19.4 Å². The number of aromatic nitrogens is 2. The van der Waals surface area contributed by atoms with Crippen LogP contribution in [0.3, 0.4) is 0 Å². The topological polar surface area (TPSA) is 76.0 Å². The average Bonchev–Trinajstić information content (AvgIpc) is 3.05. The van der Waals surface area contributed by atoms with Crippen LogP contribution in [0.2, 0.25) is 0 Å². The Morgan fingerprint density at radius 1 is 1.07 bits per heavy atom. The molecule has 1 heterocycles. The third-order valence-electron chi connectivity index (χ3n) is 4.56. The number of rotatable bonds is 9. The fraction of sp³-hybridized carbons (Fsp3) is 0.318. The largest absolute Gasteiger partial charge is 0.356 e. The SMILES string of the molecule is CCCC(=O)NCCCc1nc2ccccc2n1CC(=O)Nc1ccccc1F. The molecular formula is C22H25FN4O2. The van der Waals surface area contributed by atoms with Crippen LogP contribution in [0.1, 0.15) is 32.0 Å². The zero-order valence-corrected chi connectivity index (χ0v) is 16.5. The minimum atomic E-state index is -0.473. The van der Waals surface area contributed by atoms with Crippen molar-refractivity contribution in [2.24, 2.45) is 0 Å². The molecule has 2 aromatic carbocycles. The molecule has 0 radical (unpaired) electrons. The average molecular weight is 396 g/mol. The standard InChI is InChI=1S/C22H25FN4O2/c1-2-8-21(28)24-14-7-13-20-25-18-11-5-6-12-19(18)27(20)15-22(29)26-17-10-4-3-9-16(17)23/h3-6,9-12H,2,7-8,13-15H2,1H3,(H,24,28)(H,26,29). The highest BCUT2D eigenvalue weighted by atomic mass is 19.1. The summed E-state index contributed by atoms with van der Waals surface area (Å²) in [7, 11) is 0. The minimum Gasteiger partial charge on any atom is -0.356 e. The zero-order valence-electron chi connectivity index (χ0n) is 16.5. The lowest BCUT2D eigenvalue weighted by Gasteiger charge is -2.11. The van der Waals surface area contributed by atoms with Gasteiger partial charge in [0.25, 0.3) is 0 Å². The third-order valence-corrected chi connectivity index (χ3v) is 4.56. The first-order valence-corrected chi connectivity index (χ1v) is 9.83. The summed E-state index contributed by atoms with van der Waals surface area (Å²) in [5.41, 5.74) is 1.81. The molecule has 3 rings (SSSR count). The fourth-order valence-corrected chi connectivity index (χ4v) is 3.18. The summed E-state index contributed by atoms with van der Waals surface area (Å²) in [5.74, 6) is 0.0139. The van der Waals surface area contributed by atoms with E-state index in [0.717, 1.165) is 23.3 Å². The highest BCUT2D eigenvalue weighted by Crippen LogP contribution is 2.18. The summed E-state index contributed by atoms with van der Waals surface area (Å²) >= 11 is 0. The number of benzene rings is 2. The van der Waals surface area contributed by atoms with Crippen LogP contribution in [0.5, 0.6) is 0 Å². The summed E-state index contributed by atoms with van der Waals surface area (Å²) in [4.78, 5) is 28.8. The summed E-state index contributed by atoms with van der Waals surface area (Å²) in [5, 5.41) is 5.51. The number of imidazole rings is 1. The van der Waals surface area contributed by atoms with Crippen molar-refractivity contribution in [3.63, 3.8) is 0 Å². The molecule has 0 saturated heterocycles. The van der Waals surface area contributed by atoms with E-state index in [0.29, 0.717) is 25.8 Å². The number of para-hydroxylation sites is 3. The van der Waals surface area contributed by atoms with E-state index in [-0.39, 0.29) is 24.0 Å². The van der Waals surface area contributed by atoms with Gasteiger partial charge in [-0.05, 0) is 37.1 Å². The number of nitrogens with zero attached hydrogens (tertiary/aromatic N) is 2. The Bertz CT molecular complexity index is 999. The van der Waals surface area contributed by atoms with Crippen LogP contribution in [-0.4, -0.2) is 27.9 Å². The van der Waals surface area contributed by atoms with Crippen molar-refractivity contribution >= 4 is 28.5 Å². The Labute approximate surface area is 169 Å². The predicted molar refractivity (Wildman–Crippen MR) is 111 cm³/mol. The lowest BCUT2D eigenvalue weighted by molar-refractivity contribution is -0.121. The third kappa shape index (κ3) is 5.40. The van der Waals surface area contributed by atoms with Crippen LogP contribution in [0, 0.1) is 5.82 Å². The van der Waals surface area contributed by atoms with E-state index >= 15 is 0 Å². The van der Waals surface area contributed by atoms with Gasteiger partial charge in [0.15, 0.2) is 0 Å². The number of nitrogens with one attached hydrogen (secondary N) is 2. The zero-order chi connectivity index (χ0) is 20.6. The Kier molecular flexibility index (Phi) is 6.94. The van der Waals surface area contributed by atoms with E-state index in [1.807, 2.05) is 35.8 Å². The molecular weight excluding hydrogens is 371 g/mol. The number of hydrogen-bond acceptors (Lipinski definition) is 3. The molecule has 0 unspecified atom stereocenters. The molecule has 29 heavy (non-hydrogen) atoms. The molecule has 0 aliphatic heterocycles. The van der Waals surface area contributed by atoms with E-state index in [2.05, 4.69) is 15.6 Å². The lowest BCUT2D eigenvalue weighted by atomic mass is 10.2. The second-order valence-corrected chi connectivity index (χ2v) is 6.83. The lowest BCUT2D eigenvalue weighted by Crippen LogP contribution is -2.25. The van der Waals surface area contributed by atoms with Gasteiger partial charge in [0.1, 0.15) is 18.2 Å². The molecule has 0 spiro atoms. The molecule has 6 nitrogen and oxygen atoms in total. The quantitative estimate of drug-likeness (QED) is 0.542. The maximum Gasteiger partial charge on any atom is 0.244 e. The molecule has 2 amide bonds. The maximum atomic E-state index is 13.8. The van der Waals surface area contributed by atoms with Crippen molar-refractivity contribution in [1.29, 1.82) is 0 Å². The van der Waals surface area contributed by atoms with Gasteiger partial charge in [-0.2, -0.15) is 0 Å². The Morgan fingerprint density at radius 2 is 1.83 bits per heavy atom. The number of carbonyl (C=O) groups is 2. The van der Waals surface area contributed by atoms with Crippen molar-refractivity contribution < 1.29 is 14.0 Å². The van der Waals surface area contributed by atoms with E-state index in [1.165, 1.54) is 12.1 Å². The number of carbonyl (C=O) groups excluding carboxylic acids is 2. The van der Waals surface area contributed by atoms with Crippen LogP contribution >= 0.6 is 0 Å². The Balaban J connectivity index is 1.70. The molecule has 0 saturated carbocycles. The van der Waals surface area contributed by atoms with Crippen molar-refractivity contribution in [3.05, 3.63) is 60.2 Å². The van der Waals surface area contributed by atoms with E-state index in [4.69, 9.17) is 0 Å². The number of hydrogen-bond donors (Lipinski definition) is 2. The summed E-state index contributed by atoms with van der Waals surface area (Å²) < 4.78 is 15.7. The fourth-order valence-electron chi connectivity index (χ4n) is 3.18. The summed E-state index contributed by atoms with van der Waals surface area (Å²) in [6.07, 6.45) is 2.68. The molecule has 0 fully saturated rings. The summed E-state index contributed by atoms with van der Waals surface area (Å²) in [6.45, 7) is 2.56. The van der Waals surface area contributed by atoms with Crippen LogP contribution < -0.4 is 10.6 Å². The van der Waals surface area contributed by atoms with Gasteiger partial charge in [0.2, 0.25) is 11.8 Å². The molecule has 0 aliphatic carbocycles. The maximum absolute atomic E-state index is 13.8. The van der Waals surface area contributed by atoms with Gasteiger partial charge in [-0.15, -0.1) is 0 Å². The number of halogens is 1. The predicted octanol–water partition coefficient (Wildman–Crippen LogP) is 3.66. The number of fused-ring (bicyclic) bond motifs is 1. The first-order chi connectivity index (χ1) is 14.1. The number of aryl methyl sites for hydroxylation is 1. The second kappa shape index (κ2) is 9.82. The Hall–Kier alpha value is -3.22. The van der Waals surface area contributed by atoms with E-state index < -0.39 is 5.82 Å². The number of amides is 2. The van der Waals surface area contributed by atoms with Crippen LogP contribution in [0.15, 0.2) is 48.5 Å². The van der Waals surface area contributed by atoms with Crippen LogP contribution in [-0.2, 0) is 22.6 Å². The van der Waals surface area contributed by atoms with Gasteiger partial charge in [-0.1, -0.05) is 31.2 Å². The molecule has 0 bridgehead atoms. The Morgan fingerprint density at radius 3 is 2.62 bits per heavy atom. The van der Waals surface area contributed by atoms with Gasteiger partial charge in [-0.3, -0.25) is 9.59 Å². The second-order valence-electron chi connectivity index (χ2n) is 6.83. The van der Waals surface area contributed by atoms with Gasteiger partial charge in [-0.25, -0.2) is 9.37 Å². The first kappa shape index (κ1) is 20.5. The van der Waals surface area contributed by atoms with Crippen molar-refractivity contribution in [1.82, 2.24) is 14.9 Å². The minimum absolute atomic E-state index is 0.0341. The molecule has 3 aromatic rings. The normalized spacial score (nSPS) is 10.8. The monoisotopic (exact) mass is 396 g/mol. The van der Waals surface area contributed by atoms with Gasteiger partial charge >= 0.3 is 0 Å². The van der Waals surface area contributed by atoms with Gasteiger partial charge in [0.05, 0.1) is 16.7 Å². The smallest absolute Gasteiger partial charge is 0.244 e. The van der Waals surface area contributed by atoms with Crippen molar-refractivity contribution in [2.75, 3.05) is 11.9 Å².